The quantitative estimate of drug-likeness (QED) is 0.150. The van der Waals surface area contributed by atoms with Crippen molar-refractivity contribution in [2.24, 2.45) is 0 Å². The highest BCUT2D eigenvalue weighted by Gasteiger charge is 2.28. The average Bonchev–Trinajstić information content (AvgIpc) is 2.58. The molecule has 2 N–H and O–H groups in total. The summed E-state index contributed by atoms with van der Waals surface area (Å²) in [5.74, 6) is 0. The summed E-state index contributed by atoms with van der Waals surface area (Å²) < 4.78 is 35.0. The van der Waals surface area contributed by atoms with Crippen molar-refractivity contribution < 1.29 is 22.3 Å². The Bertz CT molecular complexity index is 462. The Balaban J connectivity index is 3.38. The molecule has 1 unspecified atom stereocenters. The molecule has 0 radical (unpaired) electrons. The van der Waals surface area contributed by atoms with Gasteiger partial charge in [-0.2, -0.15) is 8.42 Å². The molecule has 6 heteroatoms. The van der Waals surface area contributed by atoms with Crippen LogP contribution >= 0.6 is 0 Å². The van der Waals surface area contributed by atoms with Crippen molar-refractivity contribution in [1.29, 1.82) is 0 Å². The lowest BCUT2D eigenvalue weighted by Crippen LogP contribution is -2.32. The van der Waals surface area contributed by atoms with Gasteiger partial charge in [0, 0.05) is 6.42 Å². The molecular weight excluding hydrogens is 388 g/mol. The maximum absolute atomic E-state index is 10.8. The highest BCUT2D eigenvalue weighted by atomic mass is 32.3. The van der Waals surface area contributed by atoms with Crippen LogP contribution in [-0.2, 0) is 14.6 Å². The summed E-state index contributed by atoms with van der Waals surface area (Å²) in [6, 6.07) is 0. The molecule has 0 spiro atoms. The van der Waals surface area contributed by atoms with E-state index in [9.17, 15) is 13.5 Å². The van der Waals surface area contributed by atoms with Crippen molar-refractivity contribution in [3.63, 3.8) is 0 Å². The monoisotopic (exact) mass is 436 g/mol. The molecule has 0 rings (SSSR count). The second-order valence-corrected chi connectivity index (χ2v) is 10.2. The number of unbranched alkanes of at least 4 members (excludes halogenated alkanes) is 15. The van der Waals surface area contributed by atoms with Gasteiger partial charge in [-0.1, -0.05) is 110 Å². The third-order valence-electron chi connectivity index (χ3n) is 5.45. The number of aliphatic hydroxyl groups is 1. The Kier molecular flexibility index (Phi) is 17.4. The number of rotatable bonds is 21. The van der Waals surface area contributed by atoms with E-state index in [-0.39, 0.29) is 6.42 Å². The highest BCUT2D eigenvalue weighted by molar-refractivity contribution is 7.80. The molecule has 0 aliphatic heterocycles. The van der Waals surface area contributed by atoms with E-state index in [1.165, 1.54) is 89.9 Å². The molecule has 0 saturated heterocycles. The van der Waals surface area contributed by atoms with Gasteiger partial charge in [0.15, 0.2) is 0 Å². The van der Waals surface area contributed by atoms with Crippen molar-refractivity contribution in [1.82, 2.24) is 0 Å². The molecule has 0 heterocycles. The van der Waals surface area contributed by atoms with E-state index >= 15 is 0 Å². The summed E-state index contributed by atoms with van der Waals surface area (Å²) >= 11 is 0. The summed E-state index contributed by atoms with van der Waals surface area (Å²) in [7, 11) is -4.49. The van der Waals surface area contributed by atoms with Gasteiger partial charge in [0.05, 0.1) is 11.7 Å². The Morgan fingerprint density at radius 1 is 0.724 bits per heavy atom. The Labute approximate surface area is 181 Å². The van der Waals surface area contributed by atoms with Crippen LogP contribution in [0, 0.1) is 0 Å². The molecule has 0 aromatic heterocycles. The maximum atomic E-state index is 10.8. The minimum absolute atomic E-state index is 0.186. The largest absolute Gasteiger partial charge is 0.397 e. The molecule has 0 bridgehead atoms. The second kappa shape index (κ2) is 17.5. The molecular formula is C23H48O5S. The van der Waals surface area contributed by atoms with Crippen LogP contribution in [-0.4, -0.2) is 29.8 Å². The topological polar surface area (TPSA) is 83.8 Å². The first-order valence-electron chi connectivity index (χ1n) is 12.0. The lowest BCUT2D eigenvalue weighted by molar-refractivity contribution is 0.0309. The van der Waals surface area contributed by atoms with Crippen LogP contribution in [0.2, 0.25) is 0 Å². The SMILES string of the molecule is CCCCCCCCCCCCCCCCCCC(O)CC(C)(C)OS(=O)(=O)O. The van der Waals surface area contributed by atoms with Crippen LogP contribution < -0.4 is 0 Å². The Morgan fingerprint density at radius 2 is 1.07 bits per heavy atom. The van der Waals surface area contributed by atoms with Crippen LogP contribution in [0.15, 0.2) is 0 Å². The van der Waals surface area contributed by atoms with Gasteiger partial charge in [-0.15, -0.1) is 0 Å². The molecule has 0 amide bonds. The number of hydrogen-bond acceptors (Lipinski definition) is 4. The van der Waals surface area contributed by atoms with Gasteiger partial charge in [-0.3, -0.25) is 4.55 Å². The standard InChI is InChI=1S/C23H48O5S/c1-4-5-6-7-8-9-10-11-12-13-14-15-16-17-18-19-20-22(24)21-23(2,3)28-29(25,26)27/h22,24H,4-21H2,1-3H3,(H,25,26,27). The minimum atomic E-state index is -4.49. The first-order valence-corrected chi connectivity index (χ1v) is 13.4. The molecule has 0 fully saturated rings. The molecule has 29 heavy (non-hydrogen) atoms. The predicted molar refractivity (Wildman–Crippen MR) is 121 cm³/mol. The zero-order valence-electron chi connectivity index (χ0n) is 19.3. The van der Waals surface area contributed by atoms with E-state index in [1.807, 2.05) is 0 Å². The van der Waals surface area contributed by atoms with E-state index in [1.54, 1.807) is 13.8 Å². The van der Waals surface area contributed by atoms with E-state index in [4.69, 9.17) is 4.55 Å². The van der Waals surface area contributed by atoms with Crippen molar-refractivity contribution in [2.45, 2.75) is 148 Å². The summed E-state index contributed by atoms with van der Waals surface area (Å²) in [6.07, 6.45) is 21.2. The third-order valence-corrected chi connectivity index (χ3v) is 6.11. The first-order chi connectivity index (χ1) is 13.7. The van der Waals surface area contributed by atoms with Gasteiger partial charge in [-0.25, -0.2) is 4.18 Å². The van der Waals surface area contributed by atoms with E-state index in [0.29, 0.717) is 6.42 Å². The molecule has 0 aromatic carbocycles. The number of aliphatic hydroxyl groups excluding tert-OH is 1. The van der Waals surface area contributed by atoms with Crippen molar-refractivity contribution >= 4 is 10.4 Å². The lowest BCUT2D eigenvalue weighted by atomic mass is 9.97. The third kappa shape index (κ3) is 22.3. The summed E-state index contributed by atoms with van der Waals surface area (Å²) in [4.78, 5) is 0. The molecule has 0 aromatic rings. The van der Waals surface area contributed by atoms with Crippen molar-refractivity contribution in [3.05, 3.63) is 0 Å². The average molecular weight is 437 g/mol. The van der Waals surface area contributed by atoms with Crippen LogP contribution in [0.1, 0.15) is 136 Å². The Morgan fingerprint density at radius 3 is 1.41 bits per heavy atom. The normalized spacial score (nSPS) is 13.7. The molecule has 1 atom stereocenters. The molecule has 0 saturated carbocycles. The highest BCUT2D eigenvalue weighted by Crippen LogP contribution is 2.22. The van der Waals surface area contributed by atoms with Gasteiger partial charge in [0.25, 0.3) is 0 Å². The smallest absolute Gasteiger partial charge is 0.393 e. The van der Waals surface area contributed by atoms with Gasteiger partial charge in [-0.05, 0) is 20.3 Å². The van der Waals surface area contributed by atoms with Gasteiger partial charge < -0.3 is 5.11 Å². The van der Waals surface area contributed by atoms with Crippen molar-refractivity contribution in [2.75, 3.05) is 0 Å². The van der Waals surface area contributed by atoms with E-state index in [2.05, 4.69) is 11.1 Å². The number of hydrogen-bond donors (Lipinski definition) is 2. The molecule has 176 valence electrons. The summed E-state index contributed by atoms with van der Waals surface area (Å²) in [6.45, 7) is 5.37. The summed E-state index contributed by atoms with van der Waals surface area (Å²) in [5, 5.41) is 10.0. The molecule has 0 aliphatic carbocycles. The fraction of sp³-hybridized carbons (Fsp3) is 1.00. The van der Waals surface area contributed by atoms with E-state index < -0.39 is 22.1 Å². The first kappa shape index (κ1) is 28.8. The van der Waals surface area contributed by atoms with Gasteiger partial charge >= 0.3 is 10.4 Å². The van der Waals surface area contributed by atoms with Crippen LogP contribution in [0.5, 0.6) is 0 Å². The zero-order chi connectivity index (χ0) is 22.0. The van der Waals surface area contributed by atoms with Crippen LogP contribution in [0.25, 0.3) is 0 Å². The van der Waals surface area contributed by atoms with Gasteiger partial charge in [0.1, 0.15) is 0 Å². The second-order valence-electron chi connectivity index (χ2n) is 9.22. The summed E-state index contributed by atoms with van der Waals surface area (Å²) in [5.41, 5.74) is -1.10. The fourth-order valence-corrected chi connectivity index (χ4v) is 4.55. The minimum Gasteiger partial charge on any atom is -0.393 e. The molecule has 0 aliphatic rings. The van der Waals surface area contributed by atoms with Crippen molar-refractivity contribution in [3.8, 4) is 0 Å². The lowest BCUT2D eigenvalue weighted by Gasteiger charge is -2.25. The zero-order valence-corrected chi connectivity index (χ0v) is 20.1. The van der Waals surface area contributed by atoms with Gasteiger partial charge in [0.2, 0.25) is 0 Å². The Hall–Kier alpha value is -0.170. The van der Waals surface area contributed by atoms with Crippen LogP contribution in [0.3, 0.4) is 0 Å². The van der Waals surface area contributed by atoms with E-state index in [0.717, 1.165) is 12.8 Å². The predicted octanol–water partition coefficient (Wildman–Crippen LogP) is 6.99. The van der Waals surface area contributed by atoms with Crippen LogP contribution in [0.4, 0.5) is 0 Å². The fourth-order valence-electron chi connectivity index (χ4n) is 3.92. The maximum Gasteiger partial charge on any atom is 0.397 e. The molecule has 5 nitrogen and oxygen atoms in total.